The van der Waals surface area contributed by atoms with Crippen molar-refractivity contribution in [2.24, 2.45) is 0 Å². The van der Waals surface area contributed by atoms with Crippen LogP contribution in [0.1, 0.15) is 16.1 Å². The smallest absolute Gasteiger partial charge is 0.416 e. The second-order valence-corrected chi connectivity index (χ2v) is 5.41. The van der Waals surface area contributed by atoms with Gasteiger partial charge in [-0.2, -0.15) is 13.2 Å². The molecule has 0 aliphatic rings. The van der Waals surface area contributed by atoms with Gasteiger partial charge in [0.05, 0.1) is 17.0 Å². The first kappa shape index (κ1) is 17.5. The molecular weight excluding hydrogens is 353 g/mol. The number of nitro benzene ring substituents is 1. The standard InChI is InChI=1S/C17H11F3N2O4/c18-17(19,20)11-5-6-12(13(8-11)22(24)25)21-9-14(23)16-7-10-3-1-2-4-15(10)26-16/h1-8,21H,9H2. The van der Waals surface area contributed by atoms with Crippen LogP contribution in [0.5, 0.6) is 0 Å². The maximum absolute atomic E-state index is 12.7. The molecule has 1 aromatic heterocycles. The van der Waals surface area contributed by atoms with Gasteiger partial charge in [-0.15, -0.1) is 0 Å². The topological polar surface area (TPSA) is 85.4 Å². The van der Waals surface area contributed by atoms with Crippen LogP contribution < -0.4 is 5.32 Å². The fraction of sp³-hybridized carbons (Fsp3) is 0.118. The molecule has 134 valence electrons. The number of benzene rings is 2. The Bertz CT molecular complexity index is 962. The van der Waals surface area contributed by atoms with E-state index in [1.807, 2.05) is 0 Å². The SMILES string of the molecule is O=C(CNc1ccc(C(F)(F)F)cc1[N+](=O)[O-])c1cc2ccccc2o1. The van der Waals surface area contributed by atoms with E-state index in [0.717, 1.165) is 11.5 Å². The summed E-state index contributed by atoms with van der Waals surface area (Å²) in [5.74, 6) is -0.441. The van der Waals surface area contributed by atoms with Gasteiger partial charge in [0.25, 0.3) is 5.69 Å². The summed E-state index contributed by atoms with van der Waals surface area (Å²) in [5, 5.41) is 14.2. The zero-order chi connectivity index (χ0) is 18.9. The van der Waals surface area contributed by atoms with Crippen molar-refractivity contribution in [2.75, 3.05) is 11.9 Å². The van der Waals surface area contributed by atoms with Crippen molar-refractivity contribution in [1.29, 1.82) is 0 Å². The van der Waals surface area contributed by atoms with Crippen LogP contribution in [0, 0.1) is 10.1 Å². The largest absolute Gasteiger partial charge is 0.453 e. The molecule has 0 spiro atoms. The number of nitro groups is 1. The number of nitrogens with one attached hydrogen (secondary N) is 1. The summed E-state index contributed by atoms with van der Waals surface area (Å²) in [4.78, 5) is 22.3. The van der Waals surface area contributed by atoms with Gasteiger partial charge in [-0.25, -0.2) is 0 Å². The molecule has 0 unspecified atom stereocenters. The number of fused-ring (bicyclic) bond motifs is 1. The first-order valence-corrected chi connectivity index (χ1v) is 7.37. The van der Waals surface area contributed by atoms with E-state index < -0.39 is 28.1 Å². The average Bonchev–Trinajstić information content (AvgIpc) is 3.02. The number of rotatable bonds is 5. The molecule has 3 rings (SSSR count). The molecule has 0 fully saturated rings. The maximum Gasteiger partial charge on any atom is 0.416 e. The highest BCUT2D eigenvalue weighted by molar-refractivity contribution is 6.00. The maximum atomic E-state index is 12.7. The number of nitrogens with zero attached hydrogens (tertiary/aromatic N) is 1. The fourth-order valence-electron chi connectivity index (χ4n) is 2.39. The Kier molecular flexibility index (Phi) is 4.37. The van der Waals surface area contributed by atoms with E-state index in [1.54, 1.807) is 24.3 Å². The molecule has 2 aromatic carbocycles. The Morgan fingerprint density at radius 3 is 2.54 bits per heavy atom. The van der Waals surface area contributed by atoms with E-state index in [1.165, 1.54) is 6.07 Å². The van der Waals surface area contributed by atoms with Crippen LogP contribution in [-0.4, -0.2) is 17.3 Å². The summed E-state index contributed by atoms with van der Waals surface area (Å²) in [6.45, 7) is -0.369. The summed E-state index contributed by atoms with van der Waals surface area (Å²) in [6.07, 6.45) is -4.70. The van der Waals surface area contributed by atoms with Gasteiger partial charge >= 0.3 is 6.18 Å². The van der Waals surface area contributed by atoms with Gasteiger partial charge in [-0.05, 0) is 24.3 Å². The first-order valence-electron chi connectivity index (χ1n) is 7.37. The lowest BCUT2D eigenvalue weighted by Gasteiger charge is -2.09. The molecule has 0 amide bonds. The molecule has 0 aliphatic carbocycles. The van der Waals surface area contributed by atoms with Crippen LogP contribution in [0.15, 0.2) is 52.9 Å². The third kappa shape index (κ3) is 3.51. The van der Waals surface area contributed by atoms with E-state index in [9.17, 15) is 28.1 Å². The van der Waals surface area contributed by atoms with Gasteiger partial charge in [-0.1, -0.05) is 18.2 Å². The number of halogens is 3. The van der Waals surface area contributed by atoms with Crippen molar-refractivity contribution >= 4 is 28.1 Å². The lowest BCUT2D eigenvalue weighted by molar-refractivity contribution is -0.384. The van der Waals surface area contributed by atoms with Crippen molar-refractivity contribution < 1.29 is 27.3 Å². The van der Waals surface area contributed by atoms with E-state index in [2.05, 4.69) is 5.32 Å². The molecule has 0 aliphatic heterocycles. The van der Waals surface area contributed by atoms with Crippen molar-refractivity contribution in [3.05, 3.63) is 70.0 Å². The molecule has 1 heterocycles. The molecule has 3 aromatic rings. The molecule has 0 bridgehead atoms. The third-order valence-electron chi connectivity index (χ3n) is 3.66. The monoisotopic (exact) mass is 364 g/mol. The predicted molar refractivity (Wildman–Crippen MR) is 87.1 cm³/mol. The van der Waals surface area contributed by atoms with Crippen LogP contribution in [0.2, 0.25) is 0 Å². The van der Waals surface area contributed by atoms with Crippen molar-refractivity contribution in [1.82, 2.24) is 0 Å². The molecule has 6 nitrogen and oxygen atoms in total. The minimum atomic E-state index is -4.70. The van der Waals surface area contributed by atoms with Crippen molar-refractivity contribution in [3.8, 4) is 0 Å². The van der Waals surface area contributed by atoms with Crippen LogP contribution in [0.3, 0.4) is 0 Å². The quantitative estimate of drug-likeness (QED) is 0.404. The normalized spacial score (nSPS) is 11.5. The predicted octanol–water partition coefficient (Wildman–Crippen LogP) is 4.65. The number of hydrogen-bond donors (Lipinski definition) is 1. The zero-order valence-electron chi connectivity index (χ0n) is 13.0. The molecule has 0 saturated heterocycles. The molecule has 0 atom stereocenters. The molecule has 9 heteroatoms. The summed E-state index contributed by atoms with van der Waals surface area (Å²) in [5.41, 5.74) is -1.58. The fourth-order valence-corrected chi connectivity index (χ4v) is 2.39. The third-order valence-corrected chi connectivity index (χ3v) is 3.66. The minimum absolute atomic E-state index is 0.0493. The van der Waals surface area contributed by atoms with E-state index in [-0.39, 0.29) is 18.0 Å². The minimum Gasteiger partial charge on any atom is -0.453 e. The Balaban J connectivity index is 1.80. The van der Waals surface area contributed by atoms with Gasteiger partial charge in [0.15, 0.2) is 5.76 Å². The van der Waals surface area contributed by atoms with E-state index >= 15 is 0 Å². The highest BCUT2D eigenvalue weighted by atomic mass is 19.4. The van der Waals surface area contributed by atoms with Gasteiger partial charge in [0.1, 0.15) is 11.3 Å². The van der Waals surface area contributed by atoms with Gasteiger partial charge in [-0.3, -0.25) is 14.9 Å². The summed E-state index contributed by atoms with van der Waals surface area (Å²) < 4.78 is 43.5. The summed E-state index contributed by atoms with van der Waals surface area (Å²) in [6, 6.07) is 10.5. The molecule has 26 heavy (non-hydrogen) atoms. The number of para-hydroxylation sites is 1. The molecule has 1 N–H and O–H groups in total. The molecule has 0 radical (unpaired) electrons. The van der Waals surface area contributed by atoms with Crippen LogP contribution in [0.4, 0.5) is 24.5 Å². The Morgan fingerprint density at radius 2 is 1.88 bits per heavy atom. The van der Waals surface area contributed by atoms with Crippen molar-refractivity contribution in [2.45, 2.75) is 6.18 Å². The lowest BCUT2D eigenvalue weighted by Crippen LogP contribution is -2.15. The first-order chi connectivity index (χ1) is 12.3. The number of hydrogen-bond acceptors (Lipinski definition) is 5. The van der Waals surface area contributed by atoms with Crippen molar-refractivity contribution in [3.63, 3.8) is 0 Å². The van der Waals surface area contributed by atoms with Crippen LogP contribution in [-0.2, 0) is 6.18 Å². The number of carbonyl (C=O) groups excluding carboxylic acids is 1. The van der Waals surface area contributed by atoms with Gasteiger partial charge in [0, 0.05) is 11.5 Å². The number of anilines is 1. The zero-order valence-corrected chi connectivity index (χ0v) is 13.0. The molecular formula is C17H11F3N2O4. The molecule has 0 saturated carbocycles. The van der Waals surface area contributed by atoms with Gasteiger partial charge in [0.2, 0.25) is 5.78 Å². The Labute approximate surface area is 144 Å². The van der Waals surface area contributed by atoms with Crippen LogP contribution >= 0.6 is 0 Å². The number of furan rings is 1. The Morgan fingerprint density at radius 1 is 1.15 bits per heavy atom. The van der Waals surface area contributed by atoms with Gasteiger partial charge < -0.3 is 9.73 Å². The lowest BCUT2D eigenvalue weighted by atomic mass is 10.1. The highest BCUT2D eigenvalue weighted by Crippen LogP contribution is 2.35. The van der Waals surface area contributed by atoms with E-state index in [0.29, 0.717) is 17.7 Å². The summed E-state index contributed by atoms with van der Waals surface area (Å²) in [7, 11) is 0. The second kappa shape index (κ2) is 6.51. The number of Topliss-reactive ketones (excluding diaryl/α,β-unsaturated/α-hetero) is 1. The number of alkyl halides is 3. The highest BCUT2D eigenvalue weighted by Gasteiger charge is 2.33. The number of ketones is 1. The van der Waals surface area contributed by atoms with Crippen LogP contribution in [0.25, 0.3) is 11.0 Å². The average molecular weight is 364 g/mol. The number of carbonyl (C=O) groups is 1. The van der Waals surface area contributed by atoms with E-state index in [4.69, 9.17) is 4.42 Å². The second-order valence-electron chi connectivity index (χ2n) is 5.41. The Hall–Kier alpha value is -3.36. The summed E-state index contributed by atoms with van der Waals surface area (Å²) >= 11 is 0.